The second-order valence-electron chi connectivity index (χ2n) is 7.36. The molecule has 1 saturated heterocycles. The van der Waals surface area contributed by atoms with Gasteiger partial charge in [0, 0.05) is 12.1 Å². The number of carbonyl (C=O) groups excluding carboxylic acids is 1. The maximum atomic E-state index is 12.6. The van der Waals surface area contributed by atoms with E-state index in [0.717, 1.165) is 11.1 Å². The molecule has 0 spiro atoms. The topological polar surface area (TPSA) is 110 Å². The smallest absolute Gasteiger partial charge is 0.321 e. The van der Waals surface area contributed by atoms with E-state index in [-0.39, 0.29) is 18.9 Å². The molecule has 0 aromatic heterocycles. The highest BCUT2D eigenvalue weighted by atomic mass is 32.2. The van der Waals surface area contributed by atoms with Crippen LogP contribution in [0.2, 0.25) is 0 Å². The van der Waals surface area contributed by atoms with Crippen molar-refractivity contribution in [2.75, 3.05) is 13.2 Å². The van der Waals surface area contributed by atoms with Crippen molar-refractivity contribution in [3.63, 3.8) is 0 Å². The lowest BCUT2D eigenvalue weighted by atomic mass is 9.90. The van der Waals surface area contributed by atoms with Crippen LogP contribution in [0.3, 0.4) is 0 Å². The quantitative estimate of drug-likeness (QED) is 0.810. The predicted octanol–water partition coefficient (Wildman–Crippen LogP) is 1.16. The first-order valence-electron chi connectivity index (χ1n) is 8.59. The Kier molecular flexibility index (Phi) is 4.83. The monoisotopic (exact) mass is 381 g/mol. The molecule has 2 aliphatic rings. The third kappa shape index (κ3) is 3.01. The van der Waals surface area contributed by atoms with E-state index >= 15 is 0 Å². The molecule has 2 atom stereocenters. The van der Waals surface area contributed by atoms with Gasteiger partial charge in [-0.15, -0.1) is 0 Å². The van der Waals surface area contributed by atoms with Crippen LogP contribution in [-0.2, 0) is 32.4 Å². The normalized spacial score (nSPS) is 26.1. The van der Waals surface area contributed by atoms with Crippen molar-refractivity contribution >= 4 is 21.7 Å². The van der Waals surface area contributed by atoms with Crippen LogP contribution in [0.5, 0.6) is 0 Å². The number of aliphatic carboxylic acids is 1. The van der Waals surface area contributed by atoms with Crippen LogP contribution < -0.4 is 5.32 Å². The summed E-state index contributed by atoms with van der Waals surface area (Å²) in [6, 6.07) is 5.47. The van der Waals surface area contributed by atoms with Gasteiger partial charge in [-0.1, -0.05) is 12.1 Å². The highest BCUT2D eigenvalue weighted by molar-refractivity contribution is 7.94. The second kappa shape index (κ2) is 6.66. The molecular formula is C18H23NO6S. The number of carboxylic acids is 1. The summed E-state index contributed by atoms with van der Waals surface area (Å²) in [5, 5.41) is 10.6. The third-order valence-electron chi connectivity index (χ3n) is 5.65. The number of ether oxygens (including phenoxy) is 1. The number of amides is 1. The van der Waals surface area contributed by atoms with Crippen molar-refractivity contribution in [1.82, 2.24) is 5.32 Å². The van der Waals surface area contributed by atoms with Crippen molar-refractivity contribution in [3.8, 4) is 0 Å². The fourth-order valence-corrected chi connectivity index (χ4v) is 5.90. The molecule has 8 heteroatoms. The van der Waals surface area contributed by atoms with Crippen molar-refractivity contribution < 1.29 is 27.9 Å². The number of sulfone groups is 1. The van der Waals surface area contributed by atoms with E-state index in [4.69, 9.17) is 4.74 Å². The van der Waals surface area contributed by atoms with Gasteiger partial charge in [0.15, 0.2) is 15.1 Å². The first-order valence-corrected chi connectivity index (χ1v) is 10.1. The fraction of sp³-hybridized carbons (Fsp3) is 0.556. The summed E-state index contributed by atoms with van der Waals surface area (Å²) in [7, 11) is -3.81. The molecule has 0 bridgehead atoms. The Morgan fingerprint density at radius 3 is 2.73 bits per heavy atom. The van der Waals surface area contributed by atoms with Gasteiger partial charge in [0.1, 0.15) is 0 Å². The zero-order valence-corrected chi connectivity index (χ0v) is 15.6. The molecule has 7 nitrogen and oxygen atoms in total. The highest BCUT2D eigenvalue weighted by Crippen LogP contribution is 2.41. The van der Waals surface area contributed by atoms with Gasteiger partial charge >= 0.3 is 5.97 Å². The van der Waals surface area contributed by atoms with Crippen LogP contribution in [0, 0.1) is 5.92 Å². The van der Waals surface area contributed by atoms with Gasteiger partial charge in [0.2, 0.25) is 0 Å². The van der Waals surface area contributed by atoms with Crippen LogP contribution in [-0.4, -0.2) is 48.5 Å². The Balaban J connectivity index is 1.76. The van der Waals surface area contributed by atoms with Gasteiger partial charge in [-0.05, 0) is 49.8 Å². The van der Waals surface area contributed by atoms with Crippen molar-refractivity contribution in [1.29, 1.82) is 0 Å². The van der Waals surface area contributed by atoms with E-state index in [1.165, 1.54) is 13.8 Å². The first-order chi connectivity index (χ1) is 12.2. The molecule has 3 rings (SSSR count). The molecule has 0 saturated carbocycles. The number of carbonyl (C=O) groups is 2. The first kappa shape index (κ1) is 18.8. The van der Waals surface area contributed by atoms with E-state index in [1.807, 2.05) is 6.07 Å². The Labute approximate surface area is 152 Å². The lowest BCUT2D eigenvalue weighted by Gasteiger charge is -2.26. The lowest BCUT2D eigenvalue weighted by molar-refractivity contribution is -0.136. The minimum Gasteiger partial charge on any atom is -0.480 e. The van der Waals surface area contributed by atoms with Crippen molar-refractivity contribution in [2.24, 2.45) is 5.92 Å². The van der Waals surface area contributed by atoms with Crippen molar-refractivity contribution in [3.05, 3.63) is 34.9 Å². The van der Waals surface area contributed by atoms with Gasteiger partial charge in [0.05, 0.1) is 18.0 Å². The second-order valence-corrected chi connectivity index (χ2v) is 10.1. The van der Waals surface area contributed by atoms with Crippen molar-refractivity contribution in [2.45, 2.75) is 43.3 Å². The summed E-state index contributed by atoms with van der Waals surface area (Å²) in [6.07, 6.45) is 0.662. The maximum Gasteiger partial charge on any atom is 0.321 e. The van der Waals surface area contributed by atoms with Crippen LogP contribution in [0.1, 0.15) is 41.8 Å². The number of hydrogen-bond donors (Lipinski definition) is 2. The number of fused-ring (bicyclic) bond motifs is 1. The summed E-state index contributed by atoms with van der Waals surface area (Å²) in [4.78, 5) is 23.9. The number of nitrogens with one attached hydrogen (secondary N) is 1. The Hall–Kier alpha value is -1.93. The van der Waals surface area contributed by atoms with Gasteiger partial charge in [-0.25, -0.2) is 8.42 Å². The molecular weight excluding hydrogens is 358 g/mol. The molecule has 142 valence electrons. The average Bonchev–Trinajstić information content (AvgIpc) is 2.77. The summed E-state index contributed by atoms with van der Waals surface area (Å²) < 4.78 is 29.1. The molecule has 0 aliphatic carbocycles. The summed E-state index contributed by atoms with van der Waals surface area (Å²) in [6.45, 7) is 4.22. The Morgan fingerprint density at radius 1 is 1.35 bits per heavy atom. The molecule has 26 heavy (non-hydrogen) atoms. The van der Waals surface area contributed by atoms with Crippen LogP contribution in [0.4, 0.5) is 0 Å². The number of rotatable bonds is 4. The van der Waals surface area contributed by atoms with Gasteiger partial charge < -0.3 is 15.2 Å². The van der Waals surface area contributed by atoms with E-state index in [2.05, 4.69) is 5.32 Å². The molecule has 2 aliphatic heterocycles. The summed E-state index contributed by atoms with van der Waals surface area (Å²) in [5.41, 5.74) is 2.51. The molecule has 1 aromatic carbocycles. The average molecular weight is 381 g/mol. The van der Waals surface area contributed by atoms with Gasteiger partial charge in [-0.3, -0.25) is 9.59 Å². The van der Waals surface area contributed by atoms with E-state index in [1.54, 1.807) is 12.1 Å². The van der Waals surface area contributed by atoms with E-state index in [9.17, 15) is 23.1 Å². The zero-order valence-electron chi connectivity index (χ0n) is 14.8. The molecule has 2 unspecified atom stereocenters. The van der Waals surface area contributed by atoms with Crippen LogP contribution in [0.25, 0.3) is 0 Å². The predicted molar refractivity (Wildman–Crippen MR) is 94.7 cm³/mol. The Morgan fingerprint density at radius 2 is 2.08 bits per heavy atom. The van der Waals surface area contributed by atoms with Crippen LogP contribution >= 0.6 is 0 Å². The summed E-state index contributed by atoms with van der Waals surface area (Å²) >= 11 is 0. The van der Waals surface area contributed by atoms with E-state index < -0.39 is 31.7 Å². The molecule has 1 aromatic rings. The minimum atomic E-state index is -3.81. The summed E-state index contributed by atoms with van der Waals surface area (Å²) in [5.74, 6) is -2.06. The zero-order chi connectivity index (χ0) is 19.1. The lowest BCUT2D eigenvalue weighted by Crippen LogP contribution is -2.42. The van der Waals surface area contributed by atoms with E-state index in [0.29, 0.717) is 25.2 Å². The van der Waals surface area contributed by atoms with Gasteiger partial charge in [-0.2, -0.15) is 0 Å². The third-order valence-corrected chi connectivity index (χ3v) is 8.59. The Bertz CT molecular complexity index is 845. The SMILES string of the molecule is CC1(C)C(CNC(=O)c2cccc3c2CCOC3)CC(C(=O)O)S1(=O)=O. The fourth-order valence-electron chi connectivity index (χ4n) is 3.78. The largest absolute Gasteiger partial charge is 0.480 e. The molecule has 1 fully saturated rings. The molecule has 0 radical (unpaired) electrons. The number of hydrogen-bond acceptors (Lipinski definition) is 5. The van der Waals surface area contributed by atoms with Gasteiger partial charge in [0.25, 0.3) is 5.91 Å². The molecule has 2 N–H and O–H groups in total. The molecule has 2 heterocycles. The number of carboxylic acid groups (broad SMARTS) is 1. The molecule has 1 amide bonds. The minimum absolute atomic E-state index is 0.00564. The number of benzene rings is 1. The maximum absolute atomic E-state index is 12.6. The highest BCUT2D eigenvalue weighted by Gasteiger charge is 2.56. The standard InChI is InChI=1S/C18H23NO6S/c1-18(2)12(8-15(17(21)22)26(18,23)24)9-19-16(20)14-5-3-4-11-10-25-7-6-13(11)14/h3-5,12,15H,6-10H2,1-2H3,(H,19,20)(H,21,22). The van der Waals surface area contributed by atoms with Crippen LogP contribution in [0.15, 0.2) is 18.2 Å².